The molecule has 0 N–H and O–H groups in total. The van der Waals surface area contributed by atoms with Crippen molar-refractivity contribution in [2.45, 2.75) is 46.6 Å². The summed E-state index contributed by atoms with van der Waals surface area (Å²) in [6.45, 7) is 8.76. The molecule has 0 bridgehead atoms. The van der Waals surface area contributed by atoms with Crippen molar-refractivity contribution in [2.75, 3.05) is 11.9 Å². The van der Waals surface area contributed by atoms with Gasteiger partial charge in [0.25, 0.3) is 0 Å². The molecule has 0 aliphatic heterocycles. The van der Waals surface area contributed by atoms with Gasteiger partial charge in [0, 0.05) is 18.7 Å². The summed E-state index contributed by atoms with van der Waals surface area (Å²) in [4.78, 5) is 10.6. The maximum Gasteiger partial charge on any atom is 0.137 e. The standard InChI is InChI=1S/C13H22ClN3/c1-6-11-12(14)15-8-16-13(11)17(5)10(4)7-9(2)3/h8-10H,6-7H2,1-5H3. The molecule has 1 rings (SSSR count). The number of halogens is 1. The molecule has 17 heavy (non-hydrogen) atoms. The highest BCUT2D eigenvalue weighted by Crippen LogP contribution is 2.25. The zero-order valence-electron chi connectivity index (χ0n) is 11.4. The fourth-order valence-corrected chi connectivity index (χ4v) is 2.30. The third-order valence-corrected chi connectivity index (χ3v) is 3.36. The molecular weight excluding hydrogens is 234 g/mol. The summed E-state index contributed by atoms with van der Waals surface area (Å²) in [6, 6.07) is 0.450. The van der Waals surface area contributed by atoms with Crippen LogP contribution in [0.2, 0.25) is 5.15 Å². The first kappa shape index (κ1) is 14.2. The molecule has 0 radical (unpaired) electrons. The lowest BCUT2D eigenvalue weighted by Crippen LogP contribution is -2.31. The van der Waals surface area contributed by atoms with Crippen molar-refractivity contribution in [1.29, 1.82) is 0 Å². The van der Waals surface area contributed by atoms with Crippen LogP contribution in [-0.4, -0.2) is 23.1 Å². The normalized spacial score (nSPS) is 12.9. The molecule has 1 unspecified atom stereocenters. The zero-order chi connectivity index (χ0) is 13.0. The van der Waals surface area contributed by atoms with Gasteiger partial charge in [-0.25, -0.2) is 9.97 Å². The van der Waals surface area contributed by atoms with Crippen LogP contribution in [-0.2, 0) is 6.42 Å². The van der Waals surface area contributed by atoms with Crippen LogP contribution in [0.1, 0.15) is 39.7 Å². The van der Waals surface area contributed by atoms with E-state index in [0.717, 1.165) is 24.2 Å². The van der Waals surface area contributed by atoms with Crippen LogP contribution in [0, 0.1) is 5.92 Å². The lowest BCUT2D eigenvalue weighted by Gasteiger charge is -2.28. The van der Waals surface area contributed by atoms with Crippen LogP contribution in [0.15, 0.2) is 6.33 Å². The average molecular weight is 256 g/mol. The second kappa shape index (κ2) is 6.20. The molecule has 0 saturated heterocycles. The SMILES string of the molecule is CCc1c(Cl)ncnc1N(C)C(C)CC(C)C. The first-order chi connectivity index (χ1) is 7.97. The van der Waals surface area contributed by atoms with E-state index in [1.165, 1.54) is 6.33 Å². The van der Waals surface area contributed by atoms with Crippen LogP contribution in [0.25, 0.3) is 0 Å². The number of rotatable bonds is 5. The van der Waals surface area contributed by atoms with Crippen molar-refractivity contribution >= 4 is 17.4 Å². The Morgan fingerprint density at radius 3 is 2.47 bits per heavy atom. The van der Waals surface area contributed by atoms with Gasteiger partial charge in [0.15, 0.2) is 0 Å². The van der Waals surface area contributed by atoms with Crippen molar-refractivity contribution < 1.29 is 0 Å². The first-order valence-corrected chi connectivity index (χ1v) is 6.57. The van der Waals surface area contributed by atoms with Crippen LogP contribution in [0.5, 0.6) is 0 Å². The fraction of sp³-hybridized carbons (Fsp3) is 0.692. The number of nitrogens with zero attached hydrogens (tertiary/aromatic N) is 3. The van der Waals surface area contributed by atoms with E-state index < -0.39 is 0 Å². The van der Waals surface area contributed by atoms with Gasteiger partial charge >= 0.3 is 0 Å². The topological polar surface area (TPSA) is 29.0 Å². The minimum Gasteiger partial charge on any atom is -0.357 e. The maximum atomic E-state index is 6.11. The smallest absolute Gasteiger partial charge is 0.137 e. The fourth-order valence-electron chi connectivity index (χ4n) is 2.04. The summed E-state index contributed by atoms with van der Waals surface area (Å²) < 4.78 is 0. The van der Waals surface area contributed by atoms with Gasteiger partial charge in [-0.2, -0.15) is 0 Å². The van der Waals surface area contributed by atoms with E-state index in [1.54, 1.807) is 0 Å². The van der Waals surface area contributed by atoms with Crippen molar-refractivity contribution in [3.63, 3.8) is 0 Å². The molecule has 0 saturated carbocycles. The molecule has 0 amide bonds. The molecule has 0 aliphatic carbocycles. The number of anilines is 1. The molecule has 4 heteroatoms. The van der Waals surface area contributed by atoms with E-state index >= 15 is 0 Å². The molecule has 0 spiro atoms. The lowest BCUT2D eigenvalue weighted by molar-refractivity contribution is 0.501. The quantitative estimate of drug-likeness (QED) is 0.754. The molecule has 0 fully saturated rings. The van der Waals surface area contributed by atoms with Gasteiger partial charge in [0.1, 0.15) is 17.3 Å². The molecule has 96 valence electrons. The van der Waals surface area contributed by atoms with Crippen molar-refractivity contribution in [3.05, 3.63) is 17.0 Å². The van der Waals surface area contributed by atoms with Crippen LogP contribution in [0.4, 0.5) is 5.82 Å². The lowest BCUT2D eigenvalue weighted by atomic mass is 10.0. The molecule has 1 aromatic heterocycles. The number of aromatic nitrogens is 2. The van der Waals surface area contributed by atoms with Gasteiger partial charge < -0.3 is 4.90 Å². The van der Waals surface area contributed by atoms with E-state index in [9.17, 15) is 0 Å². The Balaban J connectivity index is 2.95. The Morgan fingerprint density at radius 1 is 1.29 bits per heavy atom. The highest BCUT2D eigenvalue weighted by molar-refractivity contribution is 6.30. The summed E-state index contributed by atoms with van der Waals surface area (Å²) in [6.07, 6.45) is 3.53. The molecule has 1 heterocycles. The predicted molar refractivity (Wildman–Crippen MR) is 73.7 cm³/mol. The second-order valence-corrected chi connectivity index (χ2v) is 5.27. The summed E-state index contributed by atoms with van der Waals surface area (Å²) in [5.74, 6) is 1.63. The third-order valence-electron chi connectivity index (χ3n) is 3.03. The molecule has 0 aliphatic rings. The molecule has 1 aromatic rings. The van der Waals surface area contributed by atoms with Gasteiger partial charge in [-0.05, 0) is 25.7 Å². The van der Waals surface area contributed by atoms with Crippen molar-refractivity contribution in [2.24, 2.45) is 5.92 Å². The molecule has 1 atom stereocenters. The minimum absolute atomic E-state index is 0.450. The summed E-state index contributed by atoms with van der Waals surface area (Å²) in [5.41, 5.74) is 1.03. The summed E-state index contributed by atoms with van der Waals surface area (Å²) >= 11 is 6.11. The predicted octanol–water partition coefficient (Wildman–Crippen LogP) is 3.56. The summed E-state index contributed by atoms with van der Waals surface area (Å²) in [5, 5.41) is 0.570. The Bertz CT molecular complexity index is 366. The highest BCUT2D eigenvalue weighted by atomic mass is 35.5. The molecule has 3 nitrogen and oxygen atoms in total. The monoisotopic (exact) mass is 255 g/mol. The third kappa shape index (κ3) is 3.56. The van der Waals surface area contributed by atoms with E-state index in [0.29, 0.717) is 17.1 Å². The zero-order valence-corrected chi connectivity index (χ0v) is 12.1. The Kier molecular flexibility index (Phi) is 5.19. The van der Waals surface area contributed by atoms with E-state index in [-0.39, 0.29) is 0 Å². The van der Waals surface area contributed by atoms with Gasteiger partial charge in [-0.1, -0.05) is 32.4 Å². The van der Waals surface area contributed by atoms with E-state index in [4.69, 9.17) is 11.6 Å². The summed E-state index contributed by atoms with van der Waals surface area (Å²) in [7, 11) is 2.07. The van der Waals surface area contributed by atoms with E-state index in [1.807, 2.05) is 0 Å². The van der Waals surface area contributed by atoms with E-state index in [2.05, 4.69) is 49.6 Å². The Hall–Kier alpha value is -0.830. The van der Waals surface area contributed by atoms with Crippen LogP contribution >= 0.6 is 11.6 Å². The second-order valence-electron chi connectivity index (χ2n) is 4.91. The Labute approximate surface area is 109 Å². The van der Waals surface area contributed by atoms with Gasteiger partial charge in [-0.15, -0.1) is 0 Å². The van der Waals surface area contributed by atoms with Gasteiger partial charge in [0.2, 0.25) is 0 Å². The number of hydrogen-bond acceptors (Lipinski definition) is 3. The minimum atomic E-state index is 0.450. The van der Waals surface area contributed by atoms with Crippen LogP contribution in [0.3, 0.4) is 0 Å². The molecular formula is C13H22ClN3. The maximum absolute atomic E-state index is 6.11. The van der Waals surface area contributed by atoms with Crippen LogP contribution < -0.4 is 4.90 Å². The van der Waals surface area contributed by atoms with Crippen molar-refractivity contribution in [1.82, 2.24) is 9.97 Å². The average Bonchev–Trinajstić information content (AvgIpc) is 2.26. The van der Waals surface area contributed by atoms with Gasteiger partial charge in [0.05, 0.1) is 0 Å². The largest absolute Gasteiger partial charge is 0.357 e. The Morgan fingerprint density at radius 2 is 1.94 bits per heavy atom. The highest BCUT2D eigenvalue weighted by Gasteiger charge is 2.17. The number of hydrogen-bond donors (Lipinski definition) is 0. The van der Waals surface area contributed by atoms with Crippen molar-refractivity contribution in [3.8, 4) is 0 Å². The first-order valence-electron chi connectivity index (χ1n) is 6.19. The molecule has 0 aromatic carbocycles. The van der Waals surface area contributed by atoms with Gasteiger partial charge in [-0.3, -0.25) is 0 Å².